The van der Waals surface area contributed by atoms with Crippen molar-refractivity contribution in [3.63, 3.8) is 0 Å². The summed E-state index contributed by atoms with van der Waals surface area (Å²) in [6, 6.07) is 51.8. The molecule has 0 aliphatic heterocycles. The highest BCUT2D eigenvalue weighted by Gasteiger charge is 2.19. The van der Waals surface area contributed by atoms with Crippen molar-refractivity contribution in [1.29, 1.82) is 0 Å². The van der Waals surface area contributed by atoms with Crippen LogP contribution < -0.4 is 0 Å². The number of benzene rings is 6. The van der Waals surface area contributed by atoms with E-state index in [1.54, 1.807) is 0 Å². The quantitative estimate of drug-likeness (QED) is 0.168. The number of fused-ring (bicyclic) bond motifs is 6. The van der Waals surface area contributed by atoms with Crippen LogP contribution >= 0.6 is 11.3 Å². The lowest BCUT2D eigenvalue weighted by Gasteiger charge is -2.15. The summed E-state index contributed by atoms with van der Waals surface area (Å²) in [4.78, 5) is 15.4. The second-order valence-electron chi connectivity index (χ2n) is 13.5. The minimum absolute atomic E-state index is 0.728. The van der Waals surface area contributed by atoms with Gasteiger partial charge in [-0.2, -0.15) is 0 Å². The van der Waals surface area contributed by atoms with Crippen LogP contribution in [0.1, 0.15) is 24.1 Å². The molecule has 1 aliphatic carbocycles. The van der Waals surface area contributed by atoms with Gasteiger partial charge in [-0.1, -0.05) is 133 Å². The van der Waals surface area contributed by atoms with Crippen LogP contribution in [0, 0.1) is 0 Å². The van der Waals surface area contributed by atoms with Gasteiger partial charge in [0.05, 0.1) is 16.9 Å². The number of thiophene rings is 1. The normalized spacial score (nSPS) is 15.2. The van der Waals surface area contributed by atoms with Crippen molar-refractivity contribution < 1.29 is 0 Å². The van der Waals surface area contributed by atoms with Gasteiger partial charge in [0.2, 0.25) is 0 Å². The van der Waals surface area contributed by atoms with Gasteiger partial charge < -0.3 is 0 Å². The van der Waals surface area contributed by atoms with Crippen LogP contribution in [0.2, 0.25) is 0 Å². The number of pyridine rings is 1. The van der Waals surface area contributed by atoms with E-state index in [1.807, 2.05) is 29.7 Å². The maximum absolute atomic E-state index is 5.37. The van der Waals surface area contributed by atoms with Gasteiger partial charge in [0, 0.05) is 48.3 Å². The zero-order chi connectivity index (χ0) is 35.1. The van der Waals surface area contributed by atoms with E-state index in [0.717, 1.165) is 63.0 Å². The molecule has 250 valence electrons. The predicted molar refractivity (Wildman–Crippen MR) is 225 cm³/mol. The van der Waals surface area contributed by atoms with Gasteiger partial charge >= 0.3 is 0 Å². The second-order valence-corrected chi connectivity index (χ2v) is 14.5. The largest absolute Gasteiger partial charge is 0.256 e. The Bertz CT molecular complexity index is 2940. The fraction of sp³-hybridized carbons (Fsp3) is 0.0408. The van der Waals surface area contributed by atoms with E-state index in [2.05, 4.69) is 158 Å². The van der Waals surface area contributed by atoms with Crippen LogP contribution in [0.15, 0.2) is 176 Å². The van der Waals surface area contributed by atoms with E-state index in [9.17, 15) is 0 Å². The molecule has 4 heteroatoms. The van der Waals surface area contributed by atoms with Gasteiger partial charge in [-0.25, -0.2) is 9.97 Å². The Morgan fingerprint density at radius 1 is 0.528 bits per heavy atom. The van der Waals surface area contributed by atoms with Crippen molar-refractivity contribution in [3.8, 4) is 33.8 Å². The van der Waals surface area contributed by atoms with E-state index < -0.39 is 0 Å². The van der Waals surface area contributed by atoms with Crippen molar-refractivity contribution in [2.24, 2.45) is 0 Å². The molecule has 0 amide bonds. The monoisotopic (exact) mass is 695 g/mol. The Hall–Kier alpha value is -6.49. The Morgan fingerprint density at radius 3 is 2.11 bits per heavy atom. The van der Waals surface area contributed by atoms with Crippen molar-refractivity contribution in [2.45, 2.75) is 12.8 Å². The zero-order valence-corrected chi connectivity index (χ0v) is 29.7. The number of hydrogen-bond acceptors (Lipinski definition) is 4. The third-order valence-electron chi connectivity index (χ3n) is 10.2. The summed E-state index contributed by atoms with van der Waals surface area (Å²) in [5, 5.41) is 5.96. The van der Waals surface area contributed by atoms with E-state index in [-0.39, 0.29) is 0 Å². The first-order chi connectivity index (χ1) is 26.3. The highest BCUT2D eigenvalue weighted by Crippen LogP contribution is 2.45. The molecule has 3 heterocycles. The Kier molecular flexibility index (Phi) is 7.81. The van der Waals surface area contributed by atoms with Gasteiger partial charge in [0.25, 0.3) is 0 Å². The van der Waals surface area contributed by atoms with Gasteiger partial charge in [-0.3, -0.25) is 4.98 Å². The molecule has 0 atom stereocenters. The highest BCUT2D eigenvalue weighted by atomic mass is 32.1. The molecule has 0 radical (unpaired) electrons. The molecule has 0 fully saturated rings. The lowest BCUT2D eigenvalue weighted by atomic mass is 9.92. The molecular formula is C49H33N3S. The zero-order valence-electron chi connectivity index (χ0n) is 28.9. The van der Waals surface area contributed by atoms with Crippen LogP contribution in [-0.4, -0.2) is 15.0 Å². The van der Waals surface area contributed by atoms with Crippen LogP contribution in [0.3, 0.4) is 0 Å². The first kappa shape index (κ1) is 31.3. The van der Waals surface area contributed by atoms with Crippen LogP contribution in [-0.2, 0) is 0 Å². The predicted octanol–water partition coefficient (Wildman–Crippen LogP) is 13.4. The number of nitrogens with zero attached hydrogens (tertiary/aromatic N) is 3. The Labute approximate surface area is 312 Å². The van der Waals surface area contributed by atoms with Crippen LogP contribution in [0.5, 0.6) is 0 Å². The maximum atomic E-state index is 5.37. The van der Waals surface area contributed by atoms with Crippen molar-refractivity contribution in [2.75, 3.05) is 0 Å². The molecule has 1 aliphatic rings. The summed E-state index contributed by atoms with van der Waals surface area (Å²) in [7, 11) is 0. The second kappa shape index (κ2) is 13.2. The molecule has 10 rings (SSSR count). The van der Waals surface area contributed by atoms with E-state index in [4.69, 9.17) is 15.0 Å². The Morgan fingerprint density at radius 2 is 1.26 bits per heavy atom. The highest BCUT2D eigenvalue weighted by molar-refractivity contribution is 7.26. The molecule has 0 bridgehead atoms. The van der Waals surface area contributed by atoms with Crippen LogP contribution in [0.25, 0.3) is 86.8 Å². The lowest BCUT2D eigenvalue weighted by Crippen LogP contribution is -1.99. The van der Waals surface area contributed by atoms with Crippen molar-refractivity contribution in [1.82, 2.24) is 15.0 Å². The molecule has 0 N–H and O–H groups in total. The number of allylic oxidation sites excluding steroid dienone is 6. The number of hydrogen-bond donors (Lipinski definition) is 0. The summed E-state index contributed by atoms with van der Waals surface area (Å²) in [5.74, 6) is 0.728. The fourth-order valence-corrected chi connectivity index (χ4v) is 8.82. The molecule has 0 unspecified atom stereocenters. The van der Waals surface area contributed by atoms with Crippen LogP contribution in [0.4, 0.5) is 0 Å². The van der Waals surface area contributed by atoms with Crippen molar-refractivity contribution in [3.05, 3.63) is 187 Å². The minimum atomic E-state index is 0.728. The lowest BCUT2D eigenvalue weighted by molar-refractivity contribution is 1.04. The molecule has 53 heavy (non-hydrogen) atoms. The standard InChI is InChI=1S/C49H33N3S/c1-3-14-32(15-4-1)33-16-7-8-17-34(26-25-33)44-31-45(52-49(51-44)35-18-5-2-6-19-35)43-30-37(29-42-39-22-11-12-24-46(39)53-48(42)43)41-28-36-20-13-27-50-47(36)40-23-10-9-21-38(40)41/h1-7,9-16,18-31H,8,17H2/b16-7?,33-25+,34-26+. The van der Waals surface area contributed by atoms with Gasteiger partial charge in [0.15, 0.2) is 5.82 Å². The van der Waals surface area contributed by atoms with Crippen molar-refractivity contribution >= 4 is 64.3 Å². The third-order valence-corrected chi connectivity index (χ3v) is 11.4. The number of rotatable bonds is 5. The first-order valence-electron chi connectivity index (χ1n) is 18.1. The molecule has 6 aromatic carbocycles. The minimum Gasteiger partial charge on any atom is -0.256 e. The van der Waals surface area contributed by atoms with Gasteiger partial charge in [0.1, 0.15) is 0 Å². The molecule has 3 nitrogen and oxygen atoms in total. The average molecular weight is 696 g/mol. The maximum Gasteiger partial charge on any atom is 0.160 e. The summed E-state index contributed by atoms with van der Waals surface area (Å²) < 4.78 is 2.49. The van der Waals surface area contributed by atoms with E-state index in [1.165, 1.54) is 47.8 Å². The smallest absolute Gasteiger partial charge is 0.160 e. The Balaban J connectivity index is 1.24. The number of aromatic nitrogens is 3. The summed E-state index contributed by atoms with van der Waals surface area (Å²) in [6.07, 6.45) is 12.7. The molecule has 3 aromatic heterocycles. The topological polar surface area (TPSA) is 38.7 Å². The fourth-order valence-electron chi connectivity index (χ4n) is 7.61. The van der Waals surface area contributed by atoms with E-state index in [0.29, 0.717) is 0 Å². The van der Waals surface area contributed by atoms with Gasteiger partial charge in [-0.05, 0) is 82.5 Å². The summed E-state index contributed by atoms with van der Waals surface area (Å²) in [5.41, 5.74) is 10.9. The first-order valence-corrected chi connectivity index (χ1v) is 18.9. The van der Waals surface area contributed by atoms with Gasteiger partial charge in [-0.15, -0.1) is 11.3 Å². The summed E-state index contributed by atoms with van der Waals surface area (Å²) in [6.45, 7) is 0. The molecule has 9 aromatic rings. The van der Waals surface area contributed by atoms with E-state index >= 15 is 0 Å². The molecule has 0 spiro atoms. The molecule has 0 saturated heterocycles. The third kappa shape index (κ3) is 5.74. The summed E-state index contributed by atoms with van der Waals surface area (Å²) >= 11 is 1.84. The molecular weight excluding hydrogens is 663 g/mol. The SMILES string of the molecule is C1=C/C(c2ccccc2)=C\C=C(\c2cc(-c3cc(-c4cc5cccnc5c5ccccc45)cc4c3sc3ccccc34)nc(-c3ccccc3)n2)CC1. The molecule has 0 saturated carbocycles. The average Bonchev–Trinajstić information content (AvgIpc) is 3.59.